The lowest BCUT2D eigenvalue weighted by Gasteiger charge is -2.33. The number of likely N-dealkylation sites (N-methyl/N-ethyl adjacent to an activating group) is 1. The molecule has 1 aliphatic heterocycles. The summed E-state index contributed by atoms with van der Waals surface area (Å²) in [4.78, 5) is 27.2. The maximum Gasteiger partial charge on any atom is 0.239 e. The standard InChI is InChI=1S/C15H20FN3O2/c1-11(19-7-6-17-14(20)10-19)15(21)18(2)9-12-4-3-5-13(16)8-12/h3-5,8,11H,6-7,9-10H2,1-2H3,(H,17,20). The summed E-state index contributed by atoms with van der Waals surface area (Å²) in [6, 6.07) is 5.84. The van der Waals surface area contributed by atoms with Gasteiger partial charge in [-0.3, -0.25) is 14.5 Å². The maximum absolute atomic E-state index is 13.2. The molecule has 1 aromatic rings. The van der Waals surface area contributed by atoms with Crippen molar-refractivity contribution in [3.63, 3.8) is 0 Å². The average molecular weight is 293 g/mol. The first kappa shape index (κ1) is 15.4. The summed E-state index contributed by atoms with van der Waals surface area (Å²) in [7, 11) is 1.69. The number of rotatable bonds is 4. The van der Waals surface area contributed by atoms with E-state index in [1.165, 1.54) is 12.1 Å². The van der Waals surface area contributed by atoms with Crippen LogP contribution in [0.25, 0.3) is 0 Å². The Morgan fingerprint density at radius 1 is 1.52 bits per heavy atom. The Hall–Kier alpha value is -1.95. The van der Waals surface area contributed by atoms with Gasteiger partial charge in [-0.2, -0.15) is 0 Å². The Bertz CT molecular complexity index is 535. The van der Waals surface area contributed by atoms with Crippen LogP contribution in [0.15, 0.2) is 24.3 Å². The van der Waals surface area contributed by atoms with E-state index in [9.17, 15) is 14.0 Å². The lowest BCUT2D eigenvalue weighted by Crippen LogP contribution is -2.55. The molecule has 1 heterocycles. The molecule has 1 aliphatic rings. The molecule has 1 atom stereocenters. The van der Waals surface area contributed by atoms with Gasteiger partial charge in [0.25, 0.3) is 0 Å². The first-order valence-electron chi connectivity index (χ1n) is 6.97. The molecule has 0 radical (unpaired) electrons. The molecule has 21 heavy (non-hydrogen) atoms. The normalized spacial score (nSPS) is 17.2. The van der Waals surface area contributed by atoms with Gasteiger partial charge in [-0.15, -0.1) is 0 Å². The SMILES string of the molecule is CC(C(=O)N(C)Cc1cccc(F)c1)N1CCNC(=O)C1. The molecule has 1 N–H and O–H groups in total. The van der Waals surface area contributed by atoms with Crippen LogP contribution < -0.4 is 5.32 Å². The van der Waals surface area contributed by atoms with Crippen molar-refractivity contribution in [2.45, 2.75) is 19.5 Å². The Kier molecular flexibility index (Phi) is 4.90. The second-order valence-corrected chi connectivity index (χ2v) is 5.32. The van der Waals surface area contributed by atoms with Gasteiger partial charge in [-0.1, -0.05) is 12.1 Å². The van der Waals surface area contributed by atoms with Crippen LogP contribution in [0.4, 0.5) is 4.39 Å². The lowest BCUT2D eigenvalue weighted by molar-refractivity contribution is -0.137. The second-order valence-electron chi connectivity index (χ2n) is 5.32. The molecule has 1 fully saturated rings. The van der Waals surface area contributed by atoms with Crippen LogP contribution in [0.1, 0.15) is 12.5 Å². The van der Waals surface area contributed by atoms with E-state index < -0.39 is 0 Å². The molecule has 0 aliphatic carbocycles. The third kappa shape index (κ3) is 4.01. The van der Waals surface area contributed by atoms with Crippen LogP contribution >= 0.6 is 0 Å². The van der Waals surface area contributed by atoms with Crippen molar-refractivity contribution in [3.8, 4) is 0 Å². The van der Waals surface area contributed by atoms with Gasteiger partial charge in [0.15, 0.2) is 0 Å². The van der Waals surface area contributed by atoms with Crippen molar-refractivity contribution >= 4 is 11.8 Å². The zero-order valence-corrected chi connectivity index (χ0v) is 12.3. The first-order valence-corrected chi connectivity index (χ1v) is 6.97. The molecule has 0 aromatic heterocycles. The molecule has 1 aromatic carbocycles. The number of halogens is 1. The van der Waals surface area contributed by atoms with Crippen LogP contribution in [-0.2, 0) is 16.1 Å². The van der Waals surface area contributed by atoms with Crippen molar-refractivity contribution in [1.82, 2.24) is 15.1 Å². The third-order valence-corrected chi connectivity index (χ3v) is 3.66. The minimum absolute atomic E-state index is 0.0614. The smallest absolute Gasteiger partial charge is 0.239 e. The van der Waals surface area contributed by atoms with E-state index in [1.807, 2.05) is 4.90 Å². The van der Waals surface area contributed by atoms with Crippen LogP contribution in [0.2, 0.25) is 0 Å². The van der Waals surface area contributed by atoms with Gasteiger partial charge in [0.2, 0.25) is 11.8 Å². The largest absolute Gasteiger partial charge is 0.354 e. The fourth-order valence-electron chi connectivity index (χ4n) is 2.45. The highest BCUT2D eigenvalue weighted by molar-refractivity contribution is 5.83. The topological polar surface area (TPSA) is 52.7 Å². The van der Waals surface area contributed by atoms with E-state index in [1.54, 1.807) is 31.0 Å². The zero-order chi connectivity index (χ0) is 15.4. The van der Waals surface area contributed by atoms with Gasteiger partial charge < -0.3 is 10.2 Å². The average Bonchev–Trinajstić information content (AvgIpc) is 2.45. The van der Waals surface area contributed by atoms with Crippen LogP contribution in [-0.4, -0.2) is 54.3 Å². The van der Waals surface area contributed by atoms with Crippen molar-refractivity contribution in [2.75, 3.05) is 26.7 Å². The summed E-state index contributed by atoms with van der Waals surface area (Å²) < 4.78 is 13.2. The zero-order valence-electron chi connectivity index (χ0n) is 12.3. The molecule has 0 saturated carbocycles. The molecule has 0 bridgehead atoms. The lowest BCUT2D eigenvalue weighted by atomic mass is 10.1. The Labute approximate surface area is 123 Å². The predicted octanol–water partition coefficient (Wildman–Crippen LogP) is 0.604. The molecule has 0 spiro atoms. The number of hydrogen-bond acceptors (Lipinski definition) is 3. The monoisotopic (exact) mass is 293 g/mol. The van der Waals surface area contributed by atoms with Crippen LogP contribution in [0, 0.1) is 5.82 Å². The summed E-state index contributed by atoms with van der Waals surface area (Å²) in [6.07, 6.45) is 0. The fourth-order valence-corrected chi connectivity index (χ4v) is 2.45. The number of nitrogens with zero attached hydrogens (tertiary/aromatic N) is 2. The molecule has 2 rings (SSSR count). The first-order chi connectivity index (χ1) is 9.97. The Balaban J connectivity index is 1.96. The molecular formula is C15H20FN3O2. The van der Waals surface area contributed by atoms with E-state index in [0.29, 0.717) is 19.6 Å². The minimum Gasteiger partial charge on any atom is -0.354 e. The number of benzene rings is 1. The van der Waals surface area contributed by atoms with Gasteiger partial charge >= 0.3 is 0 Å². The van der Waals surface area contributed by atoms with Crippen molar-refractivity contribution < 1.29 is 14.0 Å². The number of piperazine rings is 1. The summed E-state index contributed by atoms with van der Waals surface area (Å²) in [5, 5.41) is 2.73. The molecule has 1 unspecified atom stereocenters. The van der Waals surface area contributed by atoms with E-state index in [0.717, 1.165) is 5.56 Å². The molecule has 114 valence electrons. The van der Waals surface area contributed by atoms with Gasteiger partial charge in [0.05, 0.1) is 12.6 Å². The number of carbonyl (C=O) groups is 2. The quantitative estimate of drug-likeness (QED) is 0.885. The molecule has 1 saturated heterocycles. The van der Waals surface area contributed by atoms with Gasteiger partial charge in [-0.25, -0.2) is 4.39 Å². The summed E-state index contributed by atoms with van der Waals surface area (Å²) >= 11 is 0. The minimum atomic E-state index is -0.366. The van der Waals surface area contributed by atoms with Gasteiger partial charge in [-0.05, 0) is 24.6 Å². The molecule has 2 amide bonds. The predicted molar refractivity (Wildman–Crippen MR) is 76.9 cm³/mol. The number of carbonyl (C=O) groups excluding carboxylic acids is 2. The fraction of sp³-hybridized carbons (Fsp3) is 0.467. The highest BCUT2D eigenvalue weighted by Crippen LogP contribution is 2.10. The van der Waals surface area contributed by atoms with Crippen LogP contribution in [0.5, 0.6) is 0 Å². The third-order valence-electron chi connectivity index (χ3n) is 3.66. The summed E-state index contributed by atoms with van der Waals surface area (Å²) in [6.45, 7) is 3.60. The Morgan fingerprint density at radius 3 is 2.95 bits per heavy atom. The van der Waals surface area contributed by atoms with Gasteiger partial charge in [0.1, 0.15) is 5.82 Å². The van der Waals surface area contributed by atoms with E-state index in [2.05, 4.69) is 5.32 Å². The summed E-state index contributed by atoms with van der Waals surface area (Å²) in [5.41, 5.74) is 0.745. The van der Waals surface area contributed by atoms with Gasteiger partial charge in [0, 0.05) is 26.7 Å². The Morgan fingerprint density at radius 2 is 2.29 bits per heavy atom. The highest BCUT2D eigenvalue weighted by atomic mass is 19.1. The second kappa shape index (κ2) is 6.67. The van der Waals surface area contributed by atoms with E-state index >= 15 is 0 Å². The van der Waals surface area contributed by atoms with Crippen LogP contribution in [0.3, 0.4) is 0 Å². The number of amides is 2. The van der Waals surface area contributed by atoms with Crippen molar-refractivity contribution in [2.24, 2.45) is 0 Å². The number of hydrogen-bond donors (Lipinski definition) is 1. The van der Waals surface area contributed by atoms with E-state index in [-0.39, 0.29) is 30.2 Å². The molecule has 5 nitrogen and oxygen atoms in total. The molecular weight excluding hydrogens is 273 g/mol. The van der Waals surface area contributed by atoms with Crippen molar-refractivity contribution in [1.29, 1.82) is 0 Å². The summed E-state index contributed by atoms with van der Waals surface area (Å²) in [5.74, 6) is -0.447. The number of nitrogens with one attached hydrogen (secondary N) is 1. The maximum atomic E-state index is 13.2. The van der Waals surface area contributed by atoms with E-state index in [4.69, 9.17) is 0 Å². The molecule has 6 heteroatoms. The highest BCUT2D eigenvalue weighted by Gasteiger charge is 2.27. The van der Waals surface area contributed by atoms with Crippen molar-refractivity contribution in [3.05, 3.63) is 35.6 Å².